The molecular formula is C21H29F3O. The first-order valence-electron chi connectivity index (χ1n) is 9.65. The van der Waals surface area contributed by atoms with Crippen molar-refractivity contribution in [1.82, 2.24) is 0 Å². The molecule has 0 spiro atoms. The largest absolute Gasteiger partial charge is 0.496 e. The molecular weight excluding hydrogens is 325 g/mol. The van der Waals surface area contributed by atoms with Crippen LogP contribution in [0.4, 0.5) is 13.2 Å². The molecule has 1 aromatic rings. The Kier molecular flexibility index (Phi) is 5.96. The number of benzene rings is 1. The lowest BCUT2D eigenvalue weighted by Gasteiger charge is -2.37. The molecule has 0 N–H and O–H groups in total. The predicted molar refractivity (Wildman–Crippen MR) is 93.7 cm³/mol. The van der Waals surface area contributed by atoms with Gasteiger partial charge in [-0.1, -0.05) is 25.8 Å². The molecule has 3 rings (SSSR count). The van der Waals surface area contributed by atoms with Gasteiger partial charge in [-0.15, -0.1) is 0 Å². The minimum absolute atomic E-state index is 0.0544. The van der Waals surface area contributed by atoms with Gasteiger partial charge in [0.05, 0.1) is 12.7 Å². The van der Waals surface area contributed by atoms with Crippen LogP contribution < -0.4 is 4.74 Å². The maximum atomic E-state index is 14.7. The topological polar surface area (TPSA) is 9.23 Å². The normalized spacial score (nSPS) is 30.5. The third kappa shape index (κ3) is 3.98. The number of methoxy groups -OCH3 is 1. The predicted octanol–water partition coefficient (Wildman–Crippen LogP) is 6.87. The molecule has 2 fully saturated rings. The minimum Gasteiger partial charge on any atom is -0.496 e. The van der Waals surface area contributed by atoms with Crippen LogP contribution in [0.15, 0.2) is 12.1 Å². The first-order chi connectivity index (χ1) is 12.0. The zero-order valence-corrected chi connectivity index (χ0v) is 15.2. The molecule has 0 aromatic heterocycles. The van der Waals surface area contributed by atoms with Gasteiger partial charge in [-0.25, -0.2) is 13.2 Å². The Hall–Kier alpha value is -1.19. The molecule has 2 aliphatic carbocycles. The lowest BCUT2D eigenvalue weighted by molar-refractivity contribution is 0.140. The van der Waals surface area contributed by atoms with Crippen molar-refractivity contribution < 1.29 is 17.9 Å². The molecule has 140 valence electrons. The van der Waals surface area contributed by atoms with Crippen LogP contribution in [-0.2, 0) is 0 Å². The van der Waals surface area contributed by atoms with Gasteiger partial charge in [-0.05, 0) is 73.8 Å². The van der Waals surface area contributed by atoms with E-state index in [1.807, 2.05) is 0 Å². The Bertz CT molecular complexity index is 571. The summed E-state index contributed by atoms with van der Waals surface area (Å²) in [5.74, 6) is 1.65. The van der Waals surface area contributed by atoms with Crippen LogP contribution in [0, 0.1) is 23.6 Å². The fraction of sp³-hybridized carbons (Fsp3) is 0.714. The second kappa shape index (κ2) is 8.01. The number of hydrogen-bond donors (Lipinski definition) is 0. The van der Waals surface area contributed by atoms with Crippen molar-refractivity contribution in [2.45, 2.75) is 70.6 Å². The highest BCUT2D eigenvalue weighted by Gasteiger charge is 2.32. The summed E-state index contributed by atoms with van der Waals surface area (Å²) in [5, 5.41) is 0. The Balaban J connectivity index is 1.68. The summed E-state index contributed by atoms with van der Waals surface area (Å²) in [7, 11) is 1.30. The van der Waals surface area contributed by atoms with Gasteiger partial charge in [0, 0.05) is 0 Å². The summed E-state index contributed by atoms with van der Waals surface area (Å²) in [6.07, 6.45) is 6.45. The fourth-order valence-corrected chi connectivity index (χ4v) is 4.95. The van der Waals surface area contributed by atoms with Crippen LogP contribution in [0.25, 0.3) is 0 Å². The summed E-state index contributed by atoms with van der Waals surface area (Å²) in [6, 6.07) is 3.14. The van der Waals surface area contributed by atoms with Gasteiger partial charge in [-0.2, -0.15) is 0 Å². The Morgan fingerprint density at radius 1 is 0.920 bits per heavy atom. The van der Waals surface area contributed by atoms with E-state index < -0.39 is 17.8 Å². The van der Waals surface area contributed by atoms with E-state index in [-0.39, 0.29) is 11.7 Å². The quantitative estimate of drug-likeness (QED) is 0.573. The summed E-state index contributed by atoms with van der Waals surface area (Å²) in [4.78, 5) is 0. The van der Waals surface area contributed by atoms with E-state index in [9.17, 15) is 13.2 Å². The Labute approximate surface area is 149 Å². The minimum atomic E-state index is -2.85. The van der Waals surface area contributed by atoms with E-state index in [1.54, 1.807) is 6.07 Å². The zero-order valence-electron chi connectivity index (χ0n) is 15.2. The summed E-state index contributed by atoms with van der Waals surface area (Å²) >= 11 is 0. The molecule has 4 heteroatoms. The maximum absolute atomic E-state index is 14.7. The molecule has 2 aliphatic rings. The van der Waals surface area contributed by atoms with E-state index in [0.717, 1.165) is 43.4 Å². The number of rotatable bonds is 4. The molecule has 0 amide bonds. The Morgan fingerprint density at radius 3 is 2.00 bits per heavy atom. The molecule has 0 radical (unpaired) electrons. The van der Waals surface area contributed by atoms with Gasteiger partial charge in [0.1, 0.15) is 11.6 Å². The molecule has 0 unspecified atom stereocenters. The highest BCUT2D eigenvalue weighted by molar-refractivity contribution is 5.41. The van der Waals surface area contributed by atoms with Gasteiger partial charge in [-0.3, -0.25) is 0 Å². The van der Waals surface area contributed by atoms with Crippen LogP contribution in [0.1, 0.15) is 81.8 Å². The Morgan fingerprint density at radius 2 is 1.48 bits per heavy atom. The van der Waals surface area contributed by atoms with Crippen molar-refractivity contribution >= 4 is 0 Å². The average Bonchev–Trinajstić information content (AvgIpc) is 2.62. The second-order valence-electron chi connectivity index (χ2n) is 8.02. The summed E-state index contributed by atoms with van der Waals surface area (Å²) in [6.45, 7) is 2.33. The monoisotopic (exact) mass is 354 g/mol. The lowest BCUT2D eigenvalue weighted by Crippen LogP contribution is -2.25. The van der Waals surface area contributed by atoms with Crippen molar-refractivity contribution in [3.8, 4) is 5.75 Å². The molecule has 2 saturated carbocycles. The van der Waals surface area contributed by atoms with Crippen molar-refractivity contribution in [2.24, 2.45) is 17.8 Å². The first kappa shape index (κ1) is 18.6. The van der Waals surface area contributed by atoms with Crippen LogP contribution >= 0.6 is 0 Å². The van der Waals surface area contributed by atoms with Crippen LogP contribution in [0.5, 0.6) is 5.75 Å². The standard InChI is InChI=1S/C21H29F3O/c1-13-3-5-14(6-4-13)15-7-9-16(10-8-15)17-11-12-18(25-2)19(20(17)22)21(23)24/h11-16,21H,3-10H2,1-2H3. The molecule has 1 nitrogen and oxygen atoms in total. The maximum Gasteiger partial charge on any atom is 0.270 e. The van der Waals surface area contributed by atoms with Gasteiger partial charge in [0.15, 0.2) is 0 Å². The number of ether oxygens (including phenoxy) is 1. The van der Waals surface area contributed by atoms with Crippen LogP contribution in [0.3, 0.4) is 0 Å². The zero-order chi connectivity index (χ0) is 18.0. The van der Waals surface area contributed by atoms with Crippen molar-refractivity contribution in [1.29, 1.82) is 0 Å². The van der Waals surface area contributed by atoms with Gasteiger partial charge in [0.25, 0.3) is 6.43 Å². The van der Waals surface area contributed by atoms with Crippen molar-refractivity contribution in [3.63, 3.8) is 0 Å². The van der Waals surface area contributed by atoms with E-state index in [0.29, 0.717) is 5.56 Å². The third-order valence-electron chi connectivity index (χ3n) is 6.55. The van der Waals surface area contributed by atoms with E-state index in [2.05, 4.69) is 6.92 Å². The molecule has 1 aromatic carbocycles. The van der Waals surface area contributed by atoms with Crippen LogP contribution in [0.2, 0.25) is 0 Å². The van der Waals surface area contributed by atoms with E-state index in [4.69, 9.17) is 4.74 Å². The molecule has 0 bridgehead atoms. The second-order valence-corrected chi connectivity index (χ2v) is 8.02. The van der Waals surface area contributed by atoms with Gasteiger partial charge >= 0.3 is 0 Å². The van der Waals surface area contributed by atoms with Crippen molar-refractivity contribution in [2.75, 3.05) is 7.11 Å². The smallest absolute Gasteiger partial charge is 0.270 e. The molecule has 0 heterocycles. The SMILES string of the molecule is COc1ccc(C2CCC(C3CCC(C)CC3)CC2)c(F)c1C(F)F. The highest BCUT2D eigenvalue weighted by Crippen LogP contribution is 2.45. The summed E-state index contributed by atoms with van der Waals surface area (Å²) in [5.41, 5.74) is -0.129. The highest BCUT2D eigenvalue weighted by atomic mass is 19.3. The first-order valence-corrected chi connectivity index (χ1v) is 9.65. The summed E-state index contributed by atoms with van der Waals surface area (Å²) < 4.78 is 46.1. The molecule has 0 atom stereocenters. The van der Waals surface area contributed by atoms with E-state index >= 15 is 0 Å². The van der Waals surface area contributed by atoms with Gasteiger partial charge < -0.3 is 4.74 Å². The number of halogens is 3. The molecule has 25 heavy (non-hydrogen) atoms. The lowest BCUT2D eigenvalue weighted by atomic mass is 9.68. The van der Waals surface area contributed by atoms with Gasteiger partial charge in [0.2, 0.25) is 0 Å². The van der Waals surface area contributed by atoms with Crippen molar-refractivity contribution in [3.05, 3.63) is 29.1 Å². The fourth-order valence-electron chi connectivity index (χ4n) is 4.95. The average molecular weight is 354 g/mol. The molecule has 0 saturated heterocycles. The van der Waals surface area contributed by atoms with E-state index in [1.165, 1.54) is 38.9 Å². The molecule has 0 aliphatic heterocycles. The third-order valence-corrected chi connectivity index (χ3v) is 6.55. The number of alkyl halides is 2. The van der Waals surface area contributed by atoms with Crippen LogP contribution in [-0.4, -0.2) is 7.11 Å². The number of hydrogen-bond acceptors (Lipinski definition) is 1.